The van der Waals surface area contributed by atoms with Crippen LogP contribution in [0.1, 0.15) is 105 Å². The van der Waals surface area contributed by atoms with Crippen LogP contribution in [-0.2, 0) is 4.79 Å². The Labute approximate surface area is 240 Å². The van der Waals surface area contributed by atoms with Gasteiger partial charge in [0.05, 0.1) is 11.0 Å². The first kappa shape index (κ1) is 27.6. The maximum Gasteiger partial charge on any atom is 0.330 e. The lowest BCUT2D eigenvalue weighted by molar-refractivity contribution is -0.139. The summed E-state index contributed by atoms with van der Waals surface area (Å²) in [6.45, 7) is 0. The summed E-state index contributed by atoms with van der Waals surface area (Å²) in [7, 11) is 0. The third-order valence-electron chi connectivity index (χ3n) is 9.53. The number of benzene rings is 2. The molecular formula is C33H40N4O4. The molecule has 1 aliphatic carbocycles. The summed E-state index contributed by atoms with van der Waals surface area (Å²) in [5.41, 5.74) is 1.04. The molecule has 0 spiro atoms. The van der Waals surface area contributed by atoms with Crippen molar-refractivity contribution in [3.05, 3.63) is 76.2 Å². The summed E-state index contributed by atoms with van der Waals surface area (Å²) in [4.78, 5) is 46.9. The first-order chi connectivity index (χ1) is 20.0. The van der Waals surface area contributed by atoms with Crippen molar-refractivity contribution in [1.82, 2.24) is 19.8 Å². The molecule has 6 rings (SSSR count). The van der Waals surface area contributed by atoms with Crippen LogP contribution in [0.5, 0.6) is 0 Å². The van der Waals surface area contributed by atoms with Gasteiger partial charge in [-0.15, -0.1) is 0 Å². The Morgan fingerprint density at radius 1 is 0.780 bits per heavy atom. The summed E-state index contributed by atoms with van der Waals surface area (Å²) in [6.07, 6.45) is 14.4. The Bertz CT molecular complexity index is 1430. The van der Waals surface area contributed by atoms with E-state index in [0.717, 1.165) is 31.2 Å². The van der Waals surface area contributed by atoms with Crippen LogP contribution >= 0.6 is 0 Å². The number of carboxylic acid groups (broad SMARTS) is 1. The molecule has 1 amide bonds. The number of piperidine rings is 2. The number of nitrogens with one attached hydrogen (secondary N) is 1. The minimum absolute atomic E-state index is 0.0357. The highest BCUT2D eigenvalue weighted by atomic mass is 16.4. The molecule has 2 aliphatic heterocycles. The zero-order chi connectivity index (χ0) is 28.3. The van der Waals surface area contributed by atoms with Gasteiger partial charge in [0.2, 0.25) is 0 Å². The van der Waals surface area contributed by atoms with Gasteiger partial charge in [-0.25, -0.2) is 9.78 Å². The SMILES string of the molecule is O=C(NC(C(=O)O)c1ccccc1)c1nc2ccccc2n(C2CC3CCCC(C2)N3C2CCCCCCC2)c1=O. The molecule has 0 radical (unpaired) electrons. The Morgan fingerprint density at radius 2 is 1.39 bits per heavy atom. The van der Waals surface area contributed by atoms with Gasteiger partial charge >= 0.3 is 5.97 Å². The van der Waals surface area contributed by atoms with Crippen LogP contribution in [0.25, 0.3) is 11.0 Å². The molecule has 216 valence electrons. The maximum atomic E-state index is 14.1. The van der Waals surface area contributed by atoms with E-state index in [1.165, 1.54) is 51.4 Å². The van der Waals surface area contributed by atoms with Gasteiger partial charge in [0.1, 0.15) is 0 Å². The van der Waals surface area contributed by atoms with Crippen LogP contribution < -0.4 is 10.9 Å². The zero-order valence-electron chi connectivity index (χ0n) is 23.6. The molecule has 3 fully saturated rings. The van der Waals surface area contributed by atoms with E-state index in [-0.39, 0.29) is 11.7 Å². The number of amides is 1. The van der Waals surface area contributed by atoms with Crippen molar-refractivity contribution >= 4 is 22.9 Å². The van der Waals surface area contributed by atoms with Crippen molar-refractivity contribution in [1.29, 1.82) is 0 Å². The molecule has 2 saturated heterocycles. The quantitative estimate of drug-likeness (QED) is 0.408. The van der Waals surface area contributed by atoms with Crippen LogP contribution in [0, 0.1) is 0 Å². The predicted molar refractivity (Wildman–Crippen MR) is 158 cm³/mol. The number of carbonyl (C=O) groups is 2. The highest BCUT2D eigenvalue weighted by Crippen LogP contribution is 2.42. The second kappa shape index (κ2) is 12.1. The topological polar surface area (TPSA) is 105 Å². The molecule has 1 aromatic heterocycles. The number of fused-ring (bicyclic) bond motifs is 3. The Balaban J connectivity index is 1.33. The zero-order valence-corrected chi connectivity index (χ0v) is 23.6. The standard InChI is InChI=1S/C33H40N4O4/c38-31(35-29(33(40)41)22-12-5-4-6-13-22)30-32(39)37(28-19-10-9-18-27(28)34-30)26-20-24-16-11-17-25(21-26)36(24)23-14-7-2-1-3-8-15-23/h4-6,9-10,12-13,18-19,23-26,29H,1-3,7-8,11,14-17,20-21H2,(H,35,38)(H,40,41). The lowest BCUT2D eigenvalue weighted by Gasteiger charge is -2.53. The summed E-state index contributed by atoms with van der Waals surface area (Å²) in [5.74, 6) is -1.96. The summed E-state index contributed by atoms with van der Waals surface area (Å²) in [5, 5.41) is 12.4. The van der Waals surface area contributed by atoms with E-state index in [0.29, 0.717) is 29.2 Å². The molecule has 2 bridgehead atoms. The van der Waals surface area contributed by atoms with Gasteiger partial charge in [-0.3, -0.25) is 14.5 Å². The fraction of sp³-hybridized carbons (Fsp3) is 0.515. The number of hydrogen-bond acceptors (Lipinski definition) is 5. The monoisotopic (exact) mass is 556 g/mol. The number of aliphatic carboxylic acids is 1. The average Bonchev–Trinajstić information content (AvgIpc) is 2.95. The number of nitrogens with zero attached hydrogens (tertiary/aromatic N) is 3. The van der Waals surface area contributed by atoms with Crippen molar-refractivity contribution in [2.24, 2.45) is 0 Å². The van der Waals surface area contributed by atoms with Gasteiger partial charge in [-0.1, -0.05) is 81.0 Å². The molecule has 8 nitrogen and oxygen atoms in total. The molecule has 8 heteroatoms. The first-order valence-corrected chi connectivity index (χ1v) is 15.4. The second-order valence-electron chi connectivity index (χ2n) is 12.1. The van der Waals surface area contributed by atoms with Crippen LogP contribution in [0.4, 0.5) is 0 Å². The van der Waals surface area contributed by atoms with E-state index in [2.05, 4.69) is 15.2 Å². The fourth-order valence-electron chi connectivity index (χ4n) is 7.73. The van der Waals surface area contributed by atoms with E-state index in [1.807, 2.05) is 24.3 Å². The molecule has 3 aromatic rings. The van der Waals surface area contributed by atoms with Gasteiger partial charge in [-0.2, -0.15) is 0 Å². The third kappa shape index (κ3) is 5.67. The Morgan fingerprint density at radius 3 is 2.07 bits per heavy atom. The number of aromatic nitrogens is 2. The largest absolute Gasteiger partial charge is 0.479 e. The van der Waals surface area contributed by atoms with Crippen molar-refractivity contribution in [2.45, 2.75) is 107 Å². The normalized spacial score (nSPS) is 24.7. The lowest BCUT2D eigenvalue weighted by Crippen LogP contribution is -2.57. The molecule has 3 aliphatic rings. The molecule has 41 heavy (non-hydrogen) atoms. The number of rotatable bonds is 6. The number of carbonyl (C=O) groups excluding carboxylic acids is 1. The lowest BCUT2D eigenvalue weighted by atomic mass is 9.79. The summed E-state index contributed by atoms with van der Waals surface area (Å²) in [6, 6.07) is 16.2. The van der Waals surface area contributed by atoms with Crippen molar-refractivity contribution in [3.8, 4) is 0 Å². The van der Waals surface area contributed by atoms with Gasteiger partial charge in [0, 0.05) is 24.2 Å². The van der Waals surface area contributed by atoms with Gasteiger partial charge in [0.25, 0.3) is 11.5 Å². The fourth-order valence-corrected chi connectivity index (χ4v) is 7.73. The molecule has 2 N–H and O–H groups in total. The van der Waals surface area contributed by atoms with E-state index in [9.17, 15) is 19.5 Å². The number of carboxylic acids is 1. The van der Waals surface area contributed by atoms with Gasteiger partial charge in [0.15, 0.2) is 11.7 Å². The predicted octanol–water partition coefficient (Wildman–Crippen LogP) is 5.62. The van der Waals surface area contributed by atoms with E-state index in [1.54, 1.807) is 34.9 Å². The van der Waals surface area contributed by atoms with Crippen molar-refractivity contribution in [2.75, 3.05) is 0 Å². The van der Waals surface area contributed by atoms with Crippen LogP contribution in [0.2, 0.25) is 0 Å². The van der Waals surface area contributed by atoms with E-state index >= 15 is 0 Å². The van der Waals surface area contributed by atoms with Crippen LogP contribution in [0.3, 0.4) is 0 Å². The van der Waals surface area contributed by atoms with Crippen LogP contribution in [-0.4, -0.2) is 49.6 Å². The molecular weight excluding hydrogens is 516 g/mol. The molecule has 2 aromatic carbocycles. The Hall–Kier alpha value is -3.52. The van der Waals surface area contributed by atoms with Crippen LogP contribution in [0.15, 0.2) is 59.4 Å². The molecule has 3 heterocycles. The van der Waals surface area contributed by atoms with Gasteiger partial charge in [-0.05, 0) is 56.2 Å². The number of para-hydroxylation sites is 2. The second-order valence-corrected chi connectivity index (χ2v) is 12.1. The molecule has 3 unspecified atom stereocenters. The smallest absolute Gasteiger partial charge is 0.330 e. The summed E-state index contributed by atoms with van der Waals surface area (Å²) >= 11 is 0. The first-order valence-electron chi connectivity index (χ1n) is 15.4. The third-order valence-corrected chi connectivity index (χ3v) is 9.53. The summed E-state index contributed by atoms with van der Waals surface area (Å²) < 4.78 is 1.80. The molecule has 3 atom stereocenters. The highest BCUT2D eigenvalue weighted by Gasteiger charge is 2.42. The highest BCUT2D eigenvalue weighted by molar-refractivity contribution is 5.96. The van der Waals surface area contributed by atoms with E-state index in [4.69, 9.17) is 0 Å². The Kier molecular flexibility index (Phi) is 8.19. The van der Waals surface area contributed by atoms with Crippen molar-refractivity contribution in [3.63, 3.8) is 0 Å². The van der Waals surface area contributed by atoms with E-state index < -0.39 is 23.5 Å². The van der Waals surface area contributed by atoms with Gasteiger partial charge < -0.3 is 15.0 Å². The minimum atomic E-state index is -1.28. The average molecular weight is 557 g/mol. The molecule has 1 saturated carbocycles. The minimum Gasteiger partial charge on any atom is -0.479 e. The maximum absolute atomic E-state index is 14.1. The number of hydrogen-bond donors (Lipinski definition) is 2. The van der Waals surface area contributed by atoms with Crippen molar-refractivity contribution < 1.29 is 14.7 Å².